The van der Waals surface area contributed by atoms with Gasteiger partial charge < -0.3 is 10.2 Å². The van der Waals surface area contributed by atoms with Gasteiger partial charge in [0.05, 0.1) is 5.92 Å². The molecule has 0 aromatic heterocycles. The van der Waals surface area contributed by atoms with Gasteiger partial charge in [-0.25, -0.2) is 0 Å². The highest BCUT2D eigenvalue weighted by atomic mass is 16.2. The lowest BCUT2D eigenvalue weighted by atomic mass is 9.91. The third-order valence-electron chi connectivity index (χ3n) is 4.88. The Morgan fingerprint density at radius 2 is 1.85 bits per heavy atom. The molecular formula is C22H26N2O2. The van der Waals surface area contributed by atoms with E-state index in [9.17, 15) is 9.59 Å². The van der Waals surface area contributed by atoms with Gasteiger partial charge in [-0.15, -0.1) is 0 Å². The Balaban J connectivity index is 1.83. The second-order valence-corrected chi connectivity index (χ2v) is 6.81. The van der Waals surface area contributed by atoms with E-state index in [4.69, 9.17) is 0 Å². The largest absolute Gasteiger partial charge is 0.354 e. The van der Waals surface area contributed by atoms with Crippen molar-refractivity contribution >= 4 is 11.8 Å². The van der Waals surface area contributed by atoms with Gasteiger partial charge >= 0.3 is 0 Å². The number of benzene rings is 2. The molecule has 136 valence electrons. The molecule has 0 unspecified atom stereocenters. The highest BCUT2D eigenvalue weighted by Gasteiger charge is 2.28. The molecule has 1 heterocycles. The number of hydrogen-bond donors (Lipinski definition) is 1. The van der Waals surface area contributed by atoms with Crippen molar-refractivity contribution in [1.29, 1.82) is 0 Å². The number of hydrogen-bond acceptors (Lipinski definition) is 2. The summed E-state index contributed by atoms with van der Waals surface area (Å²) in [4.78, 5) is 26.7. The lowest BCUT2D eigenvalue weighted by Crippen LogP contribution is -2.37. The van der Waals surface area contributed by atoms with Crippen molar-refractivity contribution in [2.45, 2.75) is 26.2 Å². The van der Waals surface area contributed by atoms with E-state index < -0.39 is 0 Å². The van der Waals surface area contributed by atoms with Crippen LogP contribution in [0.2, 0.25) is 0 Å². The van der Waals surface area contributed by atoms with Gasteiger partial charge in [0.25, 0.3) is 0 Å². The molecule has 0 bridgehead atoms. The van der Waals surface area contributed by atoms with Crippen LogP contribution in [-0.4, -0.2) is 36.3 Å². The zero-order chi connectivity index (χ0) is 18.4. The molecule has 1 aliphatic rings. The number of nitrogens with zero attached hydrogens (tertiary/aromatic N) is 1. The van der Waals surface area contributed by atoms with E-state index in [0.717, 1.165) is 23.1 Å². The fourth-order valence-electron chi connectivity index (χ4n) is 3.52. The van der Waals surface area contributed by atoms with Crippen LogP contribution in [0.5, 0.6) is 0 Å². The van der Waals surface area contributed by atoms with E-state index in [1.807, 2.05) is 42.2 Å². The van der Waals surface area contributed by atoms with E-state index in [0.29, 0.717) is 32.5 Å². The number of rotatable bonds is 5. The zero-order valence-electron chi connectivity index (χ0n) is 15.3. The quantitative estimate of drug-likeness (QED) is 0.900. The van der Waals surface area contributed by atoms with Crippen molar-refractivity contribution in [3.05, 3.63) is 60.2 Å². The number of amides is 2. The number of carbonyl (C=O) groups excluding carboxylic acids is 2. The van der Waals surface area contributed by atoms with Gasteiger partial charge in [-0.3, -0.25) is 9.59 Å². The van der Waals surface area contributed by atoms with Crippen molar-refractivity contribution in [2.75, 3.05) is 19.6 Å². The first-order valence-electron chi connectivity index (χ1n) is 9.38. The molecule has 4 heteroatoms. The summed E-state index contributed by atoms with van der Waals surface area (Å²) in [5.74, 6) is -0.0341. The normalized spacial score (nSPS) is 17.5. The summed E-state index contributed by atoms with van der Waals surface area (Å²) in [6.07, 6.45) is 2.01. The monoisotopic (exact) mass is 350 g/mol. The Bertz CT molecular complexity index is 758. The molecule has 0 aliphatic carbocycles. The molecule has 1 saturated heterocycles. The molecule has 0 spiro atoms. The summed E-state index contributed by atoms with van der Waals surface area (Å²) in [5, 5.41) is 2.97. The molecule has 26 heavy (non-hydrogen) atoms. The summed E-state index contributed by atoms with van der Waals surface area (Å²) in [5.41, 5.74) is 3.44. The Labute approximate surface area is 155 Å². The fourth-order valence-corrected chi connectivity index (χ4v) is 3.52. The predicted molar refractivity (Wildman–Crippen MR) is 104 cm³/mol. The minimum absolute atomic E-state index is 0.0414. The Morgan fingerprint density at radius 1 is 1.12 bits per heavy atom. The molecule has 0 radical (unpaired) electrons. The van der Waals surface area contributed by atoms with Gasteiger partial charge in [0.2, 0.25) is 11.8 Å². The van der Waals surface area contributed by atoms with E-state index in [-0.39, 0.29) is 17.7 Å². The summed E-state index contributed by atoms with van der Waals surface area (Å²) in [6.45, 7) is 3.63. The second-order valence-electron chi connectivity index (χ2n) is 6.81. The zero-order valence-corrected chi connectivity index (χ0v) is 15.3. The number of carbonyl (C=O) groups is 2. The summed E-state index contributed by atoms with van der Waals surface area (Å²) < 4.78 is 0. The Hall–Kier alpha value is -2.62. The van der Waals surface area contributed by atoms with Crippen LogP contribution in [-0.2, 0) is 16.0 Å². The van der Waals surface area contributed by atoms with Crippen LogP contribution in [0, 0.1) is 5.92 Å². The maximum absolute atomic E-state index is 12.5. The first kappa shape index (κ1) is 18.2. The summed E-state index contributed by atoms with van der Waals surface area (Å²) in [7, 11) is 0. The molecule has 1 fully saturated rings. The molecule has 3 rings (SSSR count). The smallest absolute Gasteiger partial charge is 0.225 e. The van der Waals surface area contributed by atoms with Crippen molar-refractivity contribution in [3.8, 4) is 11.1 Å². The molecule has 1 aliphatic heterocycles. The van der Waals surface area contributed by atoms with Crippen LogP contribution in [0.4, 0.5) is 0 Å². The van der Waals surface area contributed by atoms with E-state index in [1.165, 1.54) is 0 Å². The van der Waals surface area contributed by atoms with Gasteiger partial charge in [0.15, 0.2) is 0 Å². The molecule has 4 nitrogen and oxygen atoms in total. The fraction of sp³-hybridized carbons (Fsp3) is 0.364. The van der Waals surface area contributed by atoms with Crippen molar-refractivity contribution in [3.63, 3.8) is 0 Å². The molecule has 0 saturated carbocycles. The van der Waals surface area contributed by atoms with Crippen LogP contribution in [0.1, 0.15) is 25.3 Å². The van der Waals surface area contributed by atoms with Crippen LogP contribution in [0.3, 0.4) is 0 Å². The van der Waals surface area contributed by atoms with E-state index in [2.05, 4.69) is 29.6 Å². The van der Waals surface area contributed by atoms with Crippen LogP contribution in [0.25, 0.3) is 11.1 Å². The Morgan fingerprint density at radius 3 is 2.62 bits per heavy atom. The minimum Gasteiger partial charge on any atom is -0.354 e. The molecule has 2 aromatic rings. The van der Waals surface area contributed by atoms with Crippen LogP contribution < -0.4 is 5.32 Å². The third-order valence-corrected chi connectivity index (χ3v) is 4.88. The Kier molecular flexibility index (Phi) is 6.05. The molecule has 1 N–H and O–H groups in total. The maximum atomic E-state index is 12.5. The lowest BCUT2D eigenvalue weighted by Gasteiger charge is -2.23. The topological polar surface area (TPSA) is 49.4 Å². The first-order chi connectivity index (χ1) is 12.7. The molecule has 2 amide bonds. The second kappa shape index (κ2) is 8.65. The highest BCUT2D eigenvalue weighted by molar-refractivity contribution is 5.82. The predicted octanol–water partition coefficient (Wildman–Crippen LogP) is 3.27. The van der Waals surface area contributed by atoms with Gasteiger partial charge in [-0.2, -0.15) is 0 Å². The minimum atomic E-state index is -0.219. The van der Waals surface area contributed by atoms with Gasteiger partial charge in [0, 0.05) is 26.1 Å². The van der Waals surface area contributed by atoms with Crippen molar-refractivity contribution in [2.24, 2.45) is 5.92 Å². The first-order valence-corrected chi connectivity index (χ1v) is 9.38. The van der Waals surface area contributed by atoms with Gasteiger partial charge in [-0.1, -0.05) is 61.5 Å². The lowest BCUT2D eigenvalue weighted by molar-refractivity contribution is -0.132. The van der Waals surface area contributed by atoms with Crippen LogP contribution >= 0.6 is 0 Å². The molecule has 1 atom stereocenters. The SMILES string of the molecule is CCCC(=O)N1CCNC(=O)[C@@H](Cc2ccccc2-c2ccccc2)C1. The van der Waals surface area contributed by atoms with Crippen LogP contribution in [0.15, 0.2) is 54.6 Å². The summed E-state index contributed by atoms with van der Waals surface area (Å²) >= 11 is 0. The third kappa shape index (κ3) is 4.31. The van der Waals surface area contributed by atoms with E-state index >= 15 is 0 Å². The highest BCUT2D eigenvalue weighted by Crippen LogP contribution is 2.26. The van der Waals surface area contributed by atoms with Gasteiger partial charge in [-0.05, 0) is 29.5 Å². The average Bonchev–Trinajstić information content (AvgIpc) is 2.85. The van der Waals surface area contributed by atoms with Crippen molar-refractivity contribution < 1.29 is 9.59 Å². The number of nitrogens with one attached hydrogen (secondary N) is 1. The summed E-state index contributed by atoms with van der Waals surface area (Å²) in [6, 6.07) is 18.4. The molecular weight excluding hydrogens is 324 g/mol. The van der Waals surface area contributed by atoms with Gasteiger partial charge in [0.1, 0.15) is 0 Å². The maximum Gasteiger partial charge on any atom is 0.225 e. The standard InChI is InChI=1S/C22H26N2O2/c1-2-8-21(25)24-14-13-23-22(26)19(16-24)15-18-11-6-7-12-20(18)17-9-4-3-5-10-17/h3-7,9-12,19H,2,8,13-16H2,1H3,(H,23,26)/t19-/m0/s1. The molecule has 2 aromatic carbocycles. The van der Waals surface area contributed by atoms with Crippen molar-refractivity contribution in [1.82, 2.24) is 10.2 Å². The van der Waals surface area contributed by atoms with E-state index in [1.54, 1.807) is 0 Å². The average molecular weight is 350 g/mol.